The molecule has 2 nitrogen and oxygen atoms in total. The summed E-state index contributed by atoms with van der Waals surface area (Å²) in [5.74, 6) is 0.688. The molecule has 0 heterocycles. The Kier molecular flexibility index (Phi) is 9.38. The first-order chi connectivity index (χ1) is 13.2. The smallest absolute Gasteiger partial charge is 0.336 e. The molecule has 0 radical (unpaired) electrons. The monoisotopic (exact) mass is 368 g/mol. The molecule has 1 fully saturated rings. The zero-order valence-electron chi connectivity index (χ0n) is 17.1. The standard InChI is InChI=1S/C25H36O2/c1-3-5-7-8-9-10-20-12-14-21(15-13-20)22-16-18-23(19-17-22)24(25(26)27)11-6-4-2/h4,6,11,16-21H,3,5,7-10,12-15H2,1-2H3,(H,26,27). The molecule has 27 heavy (non-hydrogen) atoms. The predicted octanol–water partition coefficient (Wildman–Crippen LogP) is 7.37. The summed E-state index contributed by atoms with van der Waals surface area (Å²) >= 11 is 0. The first-order valence-corrected chi connectivity index (χ1v) is 10.8. The number of rotatable bonds is 10. The molecule has 0 saturated heterocycles. The first-order valence-electron chi connectivity index (χ1n) is 10.8. The molecule has 0 aliphatic heterocycles. The number of benzene rings is 1. The van der Waals surface area contributed by atoms with Gasteiger partial charge < -0.3 is 5.11 Å². The van der Waals surface area contributed by atoms with Gasteiger partial charge in [-0.2, -0.15) is 0 Å². The van der Waals surface area contributed by atoms with E-state index in [1.165, 1.54) is 69.8 Å². The highest BCUT2D eigenvalue weighted by Crippen LogP contribution is 2.38. The average molecular weight is 369 g/mol. The number of carboxylic acid groups (broad SMARTS) is 1. The van der Waals surface area contributed by atoms with Crippen LogP contribution in [0.25, 0.3) is 5.57 Å². The van der Waals surface area contributed by atoms with E-state index in [1.54, 1.807) is 12.2 Å². The first kappa shape index (κ1) is 21.5. The molecular weight excluding hydrogens is 332 g/mol. The number of carbonyl (C=O) groups is 1. The Morgan fingerprint density at radius 1 is 1.04 bits per heavy atom. The minimum absolute atomic E-state index is 0.353. The summed E-state index contributed by atoms with van der Waals surface area (Å²) in [4.78, 5) is 11.5. The quantitative estimate of drug-likeness (QED) is 0.266. The Bertz CT molecular complexity index is 616. The van der Waals surface area contributed by atoms with Gasteiger partial charge >= 0.3 is 5.97 Å². The molecule has 0 aromatic heterocycles. The highest BCUT2D eigenvalue weighted by molar-refractivity contribution is 6.15. The van der Waals surface area contributed by atoms with Gasteiger partial charge in [-0.1, -0.05) is 81.9 Å². The lowest BCUT2D eigenvalue weighted by atomic mass is 9.77. The van der Waals surface area contributed by atoms with Crippen LogP contribution in [0.3, 0.4) is 0 Å². The van der Waals surface area contributed by atoms with Crippen molar-refractivity contribution in [2.45, 2.75) is 84.0 Å². The largest absolute Gasteiger partial charge is 0.478 e. The van der Waals surface area contributed by atoms with Crippen LogP contribution in [-0.2, 0) is 4.79 Å². The van der Waals surface area contributed by atoms with Crippen LogP contribution in [0, 0.1) is 5.92 Å². The van der Waals surface area contributed by atoms with E-state index in [2.05, 4.69) is 19.1 Å². The minimum Gasteiger partial charge on any atom is -0.478 e. The summed E-state index contributed by atoms with van der Waals surface area (Å²) in [6.45, 7) is 4.16. The number of unbranched alkanes of at least 4 members (excludes halogenated alkanes) is 4. The van der Waals surface area contributed by atoms with Crippen molar-refractivity contribution >= 4 is 11.5 Å². The lowest BCUT2D eigenvalue weighted by Crippen LogP contribution is -2.13. The summed E-state index contributed by atoms with van der Waals surface area (Å²) in [7, 11) is 0. The van der Waals surface area contributed by atoms with Crippen molar-refractivity contribution in [1.82, 2.24) is 0 Å². The molecule has 0 atom stereocenters. The zero-order chi connectivity index (χ0) is 19.5. The number of carboxylic acids is 1. The van der Waals surface area contributed by atoms with Crippen LogP contribution in [0.2, 0.25) is 0 Å². The molecule has 0 bridgehead atoms. The maximum absolute atomic E-state index is 11.5. The van der Waals surface area contributed by atoms with Crippen LogP contribution in [0.4, 0.5) is 0 Å². The van der Waals surface area contributed by atoms with Gasteiger partial charge in [0, 0.05) is 0 Å². The maximum Gasteiger partial charge on any atom is 0.336 e. The van der Waals surface area contributed by atoms with Gasteiger partial charge in [-0.15, -0.1) is 0 Å². The lowest BCUT2D eigenvalue weighted by molar-refractivity contribution is -0.130. The highest BCUT2D eigenvalue weighted by Gasteiger charge is 2.22. The van der Waals surface area contributed by atoms with Crippen LogP contribution < -0.4 is 0 Å². The summed E-state index contributed by atoms with van der Waals surface area (Å²) in [5.41, 5.74) is 2.51. The Morgan fingerprint density at radius 3 is 2.30 bits per heavy atom. The molecule has 148 valence electrons. The third kappa shape index (κ3) is 7.01. The van der Waals surface area contributed by atoms with E-state index < -0.39 is 5.97 Å². The van der Waals surface area contributed by atoms with Crippen LogP contribution >= 0.6 is 0 Å². The third-order valence-electron chi connectivity index (χ3n) is 5.94. The summed E-state index contributed by atoms with van der Waals surface area (Å²) in [6, 6.07) is 8.21. The molecule has 1 aromatic carbocycles. The van der Waals surface area contributed by atoms with Gasteiger partial charge in [0.25, 0.3) is 0 Å². The van der Waals surface area contributed by atoms with Crippen LogP contribution in [0.5, 0.6) is 0 Å². The molecule has 0 spiro atoms. The fourth-order valence-corrected chi connectivity index (χ4v) is 4.24. The number of allylic oxidation sites excluding steroid dienone is 3. The SMILES string of the molecule is CC=CC=C(C(=O)O)c1ccc(C2CCC(CCCCCCC)CC2)cc1. The average Bonchev–Trinajstić information content (AvgIpc) is 2.69. The van der Waals surface area contributed by atoms with E-state index in [4.69, 9.17) is 0 Å². The minimum atomic E-state index is -0.875. The highest BCUT2D eigenvalue weighted by atomic mass is 16.4. The van der Waals surface area contributed by atoms with Crippen molar-refractivity contribution < 1.29 is 9.90 Å². The van der Waals surface area contributed by atoms with Gasteiger partial charge in [-0.05, 0) is 61.6 Å². The Hall–Kier alpha value is -1.83. The van der Waals surface area contributed by atoms with Gasteiger partial charge in [0.2, 0.25) is 0 Å². The molecule has 2 heteroatoms. The van der Waals surface area contributed by atoms with E-state index in [0.717, 1.165) is 11.5 Å². The van der Waals surface area contributed by atoms with Crippen LogP contribution in [-0.4, -0.2) is 11.1 Å². The second kappa shape index (κ2) is 11.8. The number of aliphatic carboxylic acids is 1. The summed E-state index contributed by atoms with van der Waals surface area (Å²) in [6.07, 6.45) is 18.9. The van der Waals surface area contributed by atoms with Crippen LogP contribution in [0.1, 0.15) is 95.1 Å². The van der Waals surface area contributed by atoms with Crippen molar-refractivity contribution in [2.24, 2.45) is 5.92 Å². The fourth-order valence-electron chi connectivity index (χ4n) is 4.24. The van der Waals surface area contributed by atoms with Gasteiger partial charge in [0.15, 0.2) is 0 Å². The second-order valence-electron chi connectivity index (χ2n) is 7.95. The van der Waals surface area contributed by atoms with Crippen molar-refractivity contribution in [2.75, 3.05) is 0 Å². The van der Waals surface area contributed by atoms with Gasteiger partial charge in [-0.25, -0.2) is 4.79 Å². The Labute approximate surface area is 165 Å². The van der Waals surface area contributed by atoms with Crippen molar-refractivity contribution in [3.05, 3.63) is 53.6 Å². The van der Waals surface area contributed by atoms with Crippen LogP contribution in [0.15, 0.2) is 42.5 Å². The van der Waals surface area contributed by atoms with E-state index >= 15 is 0 Å². The Morgan fingerprint density at radius 2 is 1.70 bits per heavy atom. The third-order valence-corrected chi connectivity index (χ3v) is 5.94. The molecule has 1 saturated carbocycles. The topological polar surface area (TPSA) is 37.3 Å². The van der Waals surface area contributed by atoms with Gasteiger partial charge in [0.1, 0.15) is 0 Å². The van der Waals surface area contributed by atoms with E-state index in [9.17, 15) is 9.90 Å². The summed E-state index contributed by atoms with van der Waals surface area (Å²) in [5, 5.41) is 9.42. The second-order valence-corrected chi connectivity index (χ2v) is 7.95. The van der Waals surface area contributed by atoms with E-state index in [-0.39, 0.29) is 0 Å². The lowest BCUT2D eigenvalue weighted by Gasteiger charge is -2.29. The van der Waals surface area contributed by atoms with E-state index in [1.807, 2.05) is 25.1 Å². The van der Waals surface area contributed by atoms with E-state index in [0.29, 0.717) is 11.5 Å². The number of hydrogen-bond acceptors (Lipinski definition) is 1. The Balaban J connectivity index is 1.85. The fraction of sp³-hybridized carbons (Fsp3) is 0.560. The predicted molar refractivity (Wildman–Crippen MR) is 115 cm³/mol. The van der Waals surface area contributed by atoms with Crippen molar-refractivity contribution in [1.29, 1.82) is 0 Å². The molecule has 0 amide bonds. The van der Waals surface area contributed by atoms with Gasteiger partial charge in [0.05, 0.1) is 5.57 Å². The van der Waals surface area contributed by atoms with Gasteiger partial charge in [-0.3, -0.25) is 0 Å². The van der Waals surface area contributed by atoms with Crippen molar-refractivity contribution in [3.8, 4) is 0 Å². The maximum atomic E-state index is 11.5. The molecular formula is C25H36O2. The molecule has 0 unspecified atom stereocenters. The normalized spacial score (nSPS) is 20.9. The molecule has 1 N–H and O–H groups in total. The molecule has 1 aliphatic carbocycles. The number of hydrogen-bond donors (Lipinski definition) is 1. The summed E-state index contributed by atoms with van der Waals surface area (Å²) < 4.78 is 0. The molecule has 2 rings (SSSR count). The molecule has 1 aliphatic rings. The molecule has 1 aromatic rings. The van der Waals surface area contributed by atoms with Crippen molar-refractivity contribution in [3.63, 3.8) is 0 Å². The zero-order valence-corrected chi connectivity index (χ0v) is 17.1.